The van der Waals surface area contributed by atoms with Gasteiger partial charge in [0.25, 0.3) is 0 Å². The van der Waals surface area contributed by atoms with Crippen molar-refractivity contribution in [3.05, 3.63) is 76.0 Å². The Kier molecular flexibility index (Phi) is 4.37. The van der Waals surface area contributed by atoms with E-state index >= 15 is 0 Å². The number of aromatic nitrogens is 2. The fraction of sp³-hybridized carbons (Fsp3) is 0.0588. The number of benzene rings is 2. The number of aryl methyl sites for hydroxylation is 1. The summed E-state index contributed by atoms with van der Waals surface area (Å²) in [6.45, 7) is 1.71. The second-order valence-electron chi connectivity index (χ2n) is 4.84. The Morgan fingerprint density at radius 3 is 2.35 bits per heavy atom. The maximum atomic E-state index is 12.4. The summed E-state index contributed by atoms with van der Waals surface area (Å²) in [6, 6.07) is 15.9. The Hall–Kier alpha value is -2.30. The molecule has 3 aromatic rings. The van der Waals surface area contributed by atoms with Crippen LogP contribution < -0.4 is 4.74 Å². The van der Waals surface area contributed by atoms with Gasteiger partial charge in [-0.1, -0.05) is 41.4 Å². The lowest BCUT2D eigenvalue weighted by molar-refractivity contribution is 0.0734. The van der Waals surface area contributed by atoms with Gasteiger partial charge in [0.15, 0.2) is 0 Å². The van der Waals surface area contributed by atoms with Crippen molar-refractivity contribution < 1.29 is 9.53 Å². The fourth-order valence-electron chi connectivity index (χ4n) is 2.13. The molecule has 0 fully saturated rings. The first kappa shape index (κ1) is 15.6. The third-order valence-corrected chi connectivity index (χ3v) is 3.83. The third kappa shape index (κ3) is 3.23. The van der Waals surface area contributed by atoms with Gasteiger partial charge in [0.1, 0.15) is 16.5 Å². The van der Waals surface area contributed by atoms with E-state index in [4.69, 9.17) is 27.9 Å². The van der Waals surface area contributed by atoms with Crippen LogP contribution in [0.25, 0.3) is 5.69 Å². The smallest absolute Gasteiger partial charge is 0.348 e. The van der Waals surface area contributed by atoms with Crippen molar-refractivity contribution in [3.63, 3.8) is 0 Å². The van der Waals surface area contributed by atoms with Crippen LogP contribution in [0, 0.1) is 6.92 Å². The van der Waals surface area contributed by atoms with E-state index < -0.39 is 5.97 Å². The number of carbonyl (C=O) groups is 1. The molecule has 3 rings (SSSR count). The van der Waals surface area contributed by atoms with Crippen LogP contribution in [0.15, 0.2) is 54.6 Å². The van der Waals surface area contributed by atoms with Crippen LogP contribution in [0.5, 0.6) is 5.75 Å². The van der Waals surface area contributed by atoms with Gasteiger partial charge in [-0.2, -0.15) is 5.10 Å². The number of ether oxygens (including phenoxy) is 1. The van der Waals surface area contributed by atoms with Crippen molar-refractivity contribution >= 4 is 29.2 Å². The summed E-state index contributed by atoms with van der Waals surface area (Å²) in [7, 11) is 0. The fourth-order valence-corrected chi connectivity index (χ4v) is 2.61. The molecule has 0 aliphatic rings. The van der Waals surface area contributed by atoms with Gasteiger partial charge in [0.2, 0.25) is 0 Å². The molecular weight excluding hydrogens is 335 g/mol. The van der Waals surface area contributed by atoms with Crippen LogP contribution in [0.2, 0.25) is 10.2 Å². The number of para-hydroxylation sites is 1. The number of rotatable bonds is 3. The van der Waals surface area contributed by atoms with Gasteiger partial charge >= 0.3 is 5.97 Å². The van der Waals surface area contributed by atoms with E-state index in [0.717, 1.165) is 5.69 Å². The molecule has 4 nitrogen and oxygen atoms in total. The van der Waals surface area contributed by atoms with Crippen molar-refractivity contribution in [1.29, 1.82) is 0 Å². The Labute approximate surface area is 143 Å². The highest BCUT2D eigenvalue weighted by molar-refractivity contribution is 6.33. The van der Waals surface area contributed by atoms with Crippen LogP contribution in [0.4, 0.5) is 0 Å². The molecule has 0 saturated carbocycles. The summed E-state index contributed by atoms with van der Waals surface area (Å²) < 4.78 is 6.84. The largest absolute Gasteiger partial charge is 0.423 e. The maximum Gasteiger partial charge on any atom is 0.348 e. The van der Waals surface area contributed by atoms with Gasteiger partial charge in [-0.25, -0.2) is 9.48 Å². The molecule has 23 heavy (non-hydrogen) atoms. The third-order valence-electron chi connectivity index (χ3n) is 3.23. The van der Waals surface area contributed by atoms with E-state index in [9.17, 15) is 4.79 Å². The molecule has 0 spiro atoms. The highest BCUT2D eigenvalue weighted by atomic mass is 35.5. The molecule has 0 amide bonds. The molecule has 0 unspecified atom stereocenters. The topological polar surface area (TPSA) is 44.1 Å². The van der Waals surface area contributed by atoms with Gasteiger partial charge in [0.05, 0.1) is 11.4 Å². The lowest BCUT2D eigenvalue weighted by Crippen LogP contribution is -2.09. The van der Waals surface area contributed by atoms with E-state index in [1.807, 2.05) is 30.3 Å². The van der Waals surface area contributed by atoms with Gasteiger partial charge in [-0.05, 0) is 43.3 Å². The van der Waals surface area contributed by atoms with E-state index in [-0.39, 0.29) is 10.7 Å². The summed E-state index contributed by atoms with van der Waals surface area (Å²) in [5, 5.41) is 5.10. The quantitative estimate of drug-likeness (QED) is 0.509. The summed E-state index contributed by atoms with van der Waals surface area (Å²) in [4.78, 5) is 12.4. The van der Waals surface area contributed by atoms with Crippen molar-refractivity contribution in [2.24, 2.45) is 0 Å². The number of carbonyl (C=O) groups excluding carboxylic acids is 1. The lowest BCUT2D eigenvalue weighted by Gasteiger charge is -2.05. The molecule has 0 aliphatic carbocycles. The first-order valence-electron chi connectivity index (χ1n) is 6.84. The number of esters is 1. The van der Waals surface area contributed by atoms with E-state index in [2.05, 4.69) is 5.10 Å². The molecule has 116 valence electrons. The number of halogens is 2. The molecule has 0 aliphatic heterocycles. The monoisotopic (exact) mass is 346 g/mol. The summed E-state index contributed by atoms with van der Waals surface area (Å²) in [5.41, 5.74) is 1.51. The zero-order valence-electron chi connectivity index (χ0n) is 12.2. The van der Waals surface area contributed by atoms with Gasteiger partial charge in [0, 0.05) is 5.02 Å². The number of nitrogens with zero attached hydrogens (tertiary/aromatic N) is 2. The van der Waals surface area contributed by atoms with Crippen LogP contribution in [0.3, 0.4) is 0 Å². The molecule has 0 radical (unpaired) electrons. The Balaban J connectivity index is 1.92. The summed E-state index contributed by atoms with van der Waals surface area (Å²) in [5.74, 6) is -0.167. The normalized spacial score (nSPS) is 10.6. The van der Waals surface area contributed by atoms with Crippen molar-refractivity contribution in [3.8, 4) is 11.4 Å². The van der Waals surface area contributed by atoms with E-state index in [0.29, 0.717) is 16.5 Å². The predicted molar refractivity (Wildman–Crippen MR) is 89.7 cm³/mol. The number of hydrogen-bond donors (Lipinski definition) is 0. The van der Waals surface area contributed by atoms with Crippen LogP contribution in [-0.4, -0.2) is 15.7 Å². The summed E-state index contributed by atoms with van der Waals surface area (Å²) >= 11 is 12.1. The van der Waals surface area contributed by atoms with Crippen molar-refractivity contribution in [2.75, 3.05) is 0 Å². The summed E-state index contributed by atoms with van der Waals surface area (Å²) in [6.07, 6.45) is 0. The molecule has 0 bridgehead atoms. The second kappa shape index (κ2) is 6.44. The average molecular weight is 347 g/mol. The SMILES string of the molecule is Cc1nn(-c2ccccc2)c(Cl)c1C(=O)Oc1ccc(Cl)cc1. The minimum Gasteiger partial charge on any atom is -0.423 e. The molecular formula is C17H12Cl2N2O2. The van der Waals surface area contributed by atoms with Crippen molar-refractivity contribution in [2.45, 2.75) is 6.92 Å². The van der Waals surface area contributed by atoms with Crippen LogP contribution >= 0.6 is 23.2 Å². The Bertz CT molecular complexity index is 843. The van der Waals surface area contributed by atoms with Gasteiger partial charge in [-0.15, -0.1) is 0 Å². The molecule has 0 saturated heterocycles. The van der Waals surface area contributed by atoms with Crippen LogP contribution in [-0.2, 0) is 0 Å². The molecule has 2 aromatic carbocycles. The number of hydrogen-bond acceptors (Lipinski definition) is 3. The minimum atomic E-state index is -0.558. The van der Waals surface area contributed by atoms with E-state index in [1.165, 1.54) is 4.68 Å². The zero-order valence-corrected chi connectivity index (χ0v) is 13.7. The Morgan fingerprint density at radius 2 is 1.70 bits per heavy atom. The standard InChI is InChI=1S/C17H12Cl2N2O2/c1-11-15(17(22)23-14-9-7-12(18)8-10-14)16(19)21(20-11)13-5-3-2-4-6-13/h2-10H,1H3. The average Bonchev–Trinajstić information content (AvgIpc) is 2.85. The highest BCUT2D eigenvalue weighted by Gasteiger charge is 2.22. The lowest BCUT2D eigenvalue weighted by atomic mass is 10.2. The second-order valence-corrected chi connectivity index (χ2v) is 5.64. The molecule has 1 aromatic heterocycles. The van der Waals surface area contributed by atoms with Gasteiger partial charge < -0.3 is 4.74 Å². The van der Waals surface area contributed by atoms with Crippen molar-refractivity contribution in [1.82, 2.24) is 9.78 Å². The molecule has 0 N–H and O–H groups in total. The molecule has 6 heteroatoms. The van der Waals surface area contributed by atoms with Crippen LogP contribution in [0.1, 0.15) is 16.1 Å². The zero-order chi connectivity index (χ0) is 16.4. The van der Waals surface area contributed by atoms with E-state index in [1.54, 1.807) is 31.2 Å². The maximum absolute atomic E-state index is 12.4. The highest BCUT2D eigenvalue weighted by Crippen LogP contribution is 2.25. The minimum absolute atomic E-state index is 0.215. The molecule has 1 heterocycles. The first-order chi connectivity index (χ1) is 11.1. The van der Waals surface area contributed by atoms with Gasteiger partial charge in [-0.3, -0.25) is 0 Å². The first-order valence-corrected chi connectivity index (χ1v) is 7.60. The molecule has 0 atom stereocenters. The Morgan fingerprint density at radius 1 is 1.04 bits per heavy atom. The predicted octanol–water partition coefficient (Wildman–Crippen LogP) is 4.71.